The maximum atomic E-state index is 13.3. The van der Waals surface area contributed by atoms with Gasteiger partial charge in [-0.3, -0.25) is 9.59 Å². The Bertz CT molecular complexity index is 1400. The van der Waals surface area contributed by atoms with E-state index in [4.69, 9.17) is 23.4 Å². The Labute approximate surface area is 202 Å². The molecule has 0 aliphatic rings. The molecule has 1 heterocycles. The van der Waals surface area contributed by atoms with Gasteiger partial charge in [0.25, 0.3) is 0 Å². The van der Waals surface area contributed by atoms with Crippen molar-refractivity contribution < 1.29 is 28.2 Å². The van der Waals surface area contributed by atoms with Crippen molar-refractivity contribution >= 4 is 16.8 Å². The number of carbonyl (C=O) groups is 1. The summed E-state index contributed by atoms with van der Waals surface area (Å²) in [4.78, 5) is 26.2. The average molecular weight is 475 g/mol. The Hall–Kier alpha value is -4.26. The monoisotopic (exact) mass is 474 g/mol. The maximum absolute atomic E-state index is 13.3. The SMILES string of the molecule is COc1ccc(-c2oc3ccccc3c(=O)c2OCC(=O)c2ccc(OC(C)C)cc2)cc1OC. The second-order valence-electron chi connectivity index (χ2n) is 8.06. The van der Waals surface area contributed by atoms with Gasteiger partial charge in [-0.25, -0.2) is 0 Å². The van der Waals surface area contributed by atoms with Crippen LogP contribution in [-0.4, -0.2) is 32.7 Å². The first kappa shape index (κ1) is 23.9. The largest absolute Gasteiger partial charge is 0.493 e. The van der Waals surface area contributed by atoms with E-state index in [1.54, 1.807) is 66.7 Å². The quantitative estimate of drug-likeness (QED) is 0.295. The van der Waals surface area contributed by atoms with Gasteiger partial charge in [0, 0.05) is 11.1 Å². The molecule has 4 aromatic rings. The zero-order chi connectivity index (χ0) is 24.9. The van der Waals surface area contributed by atoms with Crippen LogP contribution < -0.4 is 24.4 Å². The van der Waals surface area contributed by atoms with Crippen LogP contribution in [-0.2, 0) is 0 Å². The molecule has 0 atom stereocenters. The summed E-state index contributed by atoms with van der Waals surface area (Å²) in [5.74, 6) is 1.52. The van der Waals surface area contributed by atoms with Crippen molar-refractivity contribution in [1.82, 2.24) is 0 Å². The first-order valence-electron chi connectivity index (χ1n) is 11.1. The van der Waals surface area contributed by atoms with Crippen molar-refractivity contribution in [2.24, 2.45) is 0 Å². The molecule has 0 N–H and O–H groups in total. The average Bonchev–Trinajstić information content (AvgIpc) is 2.87. The van der Waals surface area contributed by atoms with Crippen molar-refractivity contribution in [3.63, 3.8) is 0 Å². The number of benzene rings is 3. The minimum Gasteiger partial charge on any atom is -0.493 e. The molecule has 0 aliphatic heterocycles. The van der Waals surface area contributed by atoms with E-state index in [0.29, 0.717) is 39.3 Å². The molecule has 0 radical (unpaired) electrons. The highest BCUT2D eigenvalue weighted by atomic mass is 16.5. The van der Waals surface area contributed by atoms with Crippen molar-refractivity contribution in [1.29, 1.82) is 0 Å². The molecule has 35 heavy (non-hydrogen) atoms. The first-order chi connectivity index (χ1) is 16.9. The topological polar surface area (TPSA) is 84.2 Å². The summed E-state index contributed by atoms with van der Waals surface area (Å²) < 4.78 is 28.2. The molecule has 0 bridgehead atoms. The lowest BCUT2D eigenvalue weighted by Gasteiger charge is -2.13. The van der Waals surface area contributed by atoms with Crippen LogP contribution in [0.3, 0.4) is 0 Å². The summed E-state index contributed by atoms with van der Waals surface area (Å²) >= 11 is 0. The Balaban J connectivity index is 1.69. The number of para-hydroxylation sites is 1. The fourth-order valence-electron chi connectivity index (χ4n) is 3.64. The number of methoxy groups -OCH3 is 2. The van der Waals surface area contributed by atoms with E-state index in [9.17, 15) is 9.59 Å². The highest BCUT2D eigenvalue weighted by Crippen LogP contribution is 2.36. The van der Waals surface area contributed by atoms with Crippen molar-refractivity contribution in [3.8, 4) is 34.3 Å². The lowest BCUT2D eigenvalue weighted by Crippen LogP contribution is -2.17. The van der Waals surface area contributed by atoms with Crippen LogP contribution in [0.25, 0.3) is 22.3 Å². The second kappa shape index (κ2) is 10.3. The lowest BCUT2D eigenvalue weighted by atomic mass is 10.1. The molecule has 4 rings (SSSR count). The molecule has 7 nitrogen and oxygen atoms in total. The molecule has 0 saturated carbocycles. The Kier molecular flexibility index (Phi) is 7.06. The van der Waals surface area contributed by atoms with Gasteiger partial charge in [0.05, 0.1) is 25.7 Å². The lowest BCUT2D eigenvalue weighted by molar-refractivity contribution is 0.0920. The van der Waals surface area contributed by atoms with Gasteiger partial charge >= 0.3 is 0 Å². The fraction of sp³-hybridized carbons (Fsp3) is 0.214. The third-order valence-electron chi connectivity index (χ3n) is 5.30. The molecule has 1 aromatic heterocycles. The molecular formula is C28H26O7. The minimum atomic E-state index is -0.370. The van der Waals surface area contributed by atoms with Gasteiger partial charge in [0.1, 0.15) is 11.3 Å². The molecule has 7 heteroatoms. The molecule has 0 unspecified atom stereocenters. The molecule has 0 amide bonds. The Morgan fingerprint density at radius 1 is 0.914 bits per heavy atom. The van der Waals surface area contributed by atoms with Crippen LogP contribution in [0, 0.1) is 0 Å². The predicted molar refractivity (Wildman–Crippen MR) is 133 cm³/mol. The van der Waals surface area contributed by atoms with Crippen molar-refractivity contribution in [3.05, 3.63) is 82.5 Å². The summed E-state index contributed by atoms with van der Waals surface area (Å²) in [5.41, 5.74) is 1.02. The molecular weight excluding hydrogens is 448 g/mol. The molecule has 0 fully saturated rings. The van der Waals surface area contributed by atoms with Gasteiger partial charge < -0.3 is 23.4 Å². The van der Waals surface area contributed by atoms with Gasteiger partial charge in [-0.15, -0.1) is 0 Å². The van der Waals surface area contributed by atoms with Gasteiger partial charge in [-0.2, -0.15) is 0 Å². The molecule has 180 valence electrons. The van der Waals surface area contributed by atoms with E-state index in [2.05, 4.69) is 0 Å². The zero-order valence-corrected chi connectivity index (χ0v) is 20.0. The summed E-state index contributed by atoms with van der Waals surface area (Å²) in [7, 11) is 3.06. The Morgan fingerprint density at radius 3 is 2.31 bits per heavy atom. The number of hydrogen-bond donors (Lipinski definition) is 0. The number of rotatable bonds is 9. The van der Waals surface area contributed by atoms with Gasteiger partial charge in [0.15, 0.2) is 29.6 Å². The molecule has 0 saturated heterocycles. The number of carbonyl (C=O) groups excluding carboxylic acids is 1. The van der Waals surface area contributed by atoms with Crippen LogP contribution in [0.2, 0.25) is 0 Å². The number of ketones is 1. The zero-order valence-electron chi connectivity index (χ0n) is 20.0. The fourth-order valence-corrected chi connectivity index (χ4v) is 3.64. The number of Topliss-reactive ketones (excluding diaryl/α,β-unsaturated/α-hetero) is 1. The minimum absolute atomic E-state index is 0.0296. The summed E-state index contributed by atoms with van der Waals surface area (Å²) in [6, 6.07) is 18.8. The van der Waals surface area contributed by atoms with Crippen LogP contribution in [0.1, 0.15) is 24.2 Å². The van der Waals surface area contributed by atoms with Crippen LogP contribution in [0.5, 0.6) is 23.0 Å². The summed E-state index contributed by atoms with van der Waals surface area (Å²) in [6.45, 7) is 3.52. The third-order valence-corrected chi connectivity index (χ3v) is 5.30. The van der Waals surface area contributed by atoms with Crippen LogP contribution in [0.4, 0.5) is 0 Å². The van der Waals surface area contributed by atoms with E-state index in [-0.39, 0.29) is 35.4 Å². The van der Waals surface area contributed by atoms with E-state index >= 15 is 0 Å². The smallest absolute Gasteiger partial charge is 0.235 e. The Morgan fingerprint density at radius 2 is 1.63 bits per heavy atom. The third kappa shape index (κ3) is 5.14. The van der Waals surface area contributed by atoms with E-state index in [1.165, 1.54) is 14.2 Å². The number of hydrogen-bond acceptors (Lipinski definition) is 7. The highest BCUT2D eigenvalue weighted by Gasteiger charge is 2.20. The van der Waals surface area contributed by atoms with Gasteiger partial charge in [0.2, 0.25) is 11.2 Å². The molecule has 0 spiro atoms. The maximum Gasteiger partial charge on any atom is 0.235 e. The number of fused-ring (bicyclic) bond motifs is 1. The van der Waals surface area contributed by atoms with Crippen LogP contribution in [0.15, 0.2) is 75.9 Å². The van der Waals surface area contributed by atoms with Crippen molar-refractivity contribution in [2.45, 2.75) is 20.0 Å². The standard InChI is InChI=1S/C28H26O7/c1-17(2)34-20-12-9-18(10-13-20)22(29)16-33-28-26(30)21-7-5-6-8-23(21)35-27(28)19-11-14-24(31-3)25(15-19)32-4/h5-15,17H,16H2,1-4H3. The normalized spacial score (nSPS) is 10.9. The van der Waals surface area contributed by atoms with Gasteiger partial charge in [-0.1, -0.05) is 12.1 Å². The molecule has 0 aliphatic carbocycles. The summed E-state index contributed by atoms with van der Waals surface area (Å²) in [5, 5.41) is 0.356. The van der Waals surface area contributed by atoms with Crippen molar-refractivity contribution in [2.75, 3.05) is 20.8 Å². The molecule has 3 aromatic carbocycles. The first-order valence-corrected chi connectivity index (χ1v) is 11.1. The van der Waals surface area contributed by atoms with E-state index < -0.39 is 0 Å². The second-order valence-corrected chi connectivity index (χ2v) is 8.06. The van der Waals surface area contributed by atoms with E-state index in [1.807, 2.05) is 13.8 Å². The van der Waals surface area contributed by atoms with E-state index in [0.717, 1.165) is 0 Å². The van der Waals surface area contributed by atoms with Gasteiger partial charge in [-0.05, 0) is 68.4 Å². The highest BCUT2D eigenvalue weighted by molar-refractivity contribution is 5.97. The predicted octanol–water partition coefficient (Wildman–Crippen LogP) is 5.53. The number of ether oxygens (including phenoxy) is 4. The van der Waals surface area contributed by atoms with Crippen LogP contribution >= 0.6 is 0 Å². The summed E-state index contributed by atoms with van der Waals surface area (Å²) in [6.07, 6.45) is 0.0296.